The second-order valence-electron chi connectivity index (χ2n) is 7.71. The maximum atomic E-state index is 11.8. The molecule has 2 N–H and O–H groups in total. The maximum Gasteiger partial charge on any atom is 0.278 e. The Labute approximate surface area is 195 Å². The number of rotatable bonds is 7. The van der Waals surface area contributed by atoms with Crippen molar-refractivity contribution >= 4 is 34.1 Å². The number of pyridine rings is 1. The molecule has 174 valence electrons. The van der Waals surface area contributed by atoms with Gasteiger partial charge in [-0.3, -0.25) is 9.78 Å². The van der Waals surface area contributed by atoms with Crippen LogP contribution in [0.1, 0.15) is 16.1 Å². The summed E-state index contributed by atoms with van der Waals surface area (Å²) in [6.45, 7) is 3.47. The van der Waals surface area contributed by atoms with Crippen molar-refractivity contribution in [3.05, 3.63) is 66.2 Å². The van der Waals surface area contributed by atoms with Gasteiger partial charge in [0.2, 0.25) is 5.58 Å². The van der Waals surface area contributed by atoms with Crippen LogP contribution in [-0.2, 0) is 11.3 Å². The lowest BCUT2D eigenvalue weighted by atomic mass is 10.2. The Morgan fingerprint density at radius 2 is 1.94 bits per heavy atom. The number of nitrogens with one attached hydrogen (secondary N) is 2. The summed E-state index contributed by atoms with van der Waals surface area (Å²) in [6.07, 6.45) is 3.14. The molecule has 1 aliphatic rings. The molecule has 0 unspecified atom stereocenters. The summed E-state index contributed by atoms with van der Waals surface area (Å²) in [7, 11) is 1.56. The molecule has 4 aromatic rings. The summed E-state index contributed by atoms with van der Waals surface area (Å²) in [4.78, 5) is 18.2. The normalized spacial score (nSPS) is 13.6. The molecular weight excluding hydrogens is 436 g/mol. The predicted molar refractivity (Wildman–Crippen MR) is 127 cm³/mol. The van der Waals surface area contributed by atoms with Crippen LogP contribution >= 0.6 is 0 Å². The second-order valence-corrected chi connectivity index (χ2v) is 7.71. The average molecular weight is 460 g/mol. The number of hydrogen-bond donors (Lipinski definition) is 2. The number of ether oxygens (including phenoxy) is 2. The molecule has 0 spiro atoms. The predicted octanol–water partition coefficient (Wildman–Crippen LogP) is 3.14. The fourth-order valence-electron chi connectivity index (χ4n) is 3.72. The number of morpholine rings is 1. The molecule has 0 atom stereocenters. The van der Waals surface area contributed by atoms with Crippen molar-refractivity contribution in [3.63, 3.8) is 0 Å². The quantitative estimate of drug-likeness (QED) is 0.429. The van der Waals surface area contributed by atoms with E-state index in [2.05, 4.69) is 42.8 Å². The van der Waals surface area contributed by atoms with Gasteiger partial charge in [-0.25, -0.2) is 0 Å². The van der Waals surface area contributed by atoms with E-state index in [1.807, 2.05) is 18.2 Å². The molecule has 0 saturated carbocycles. The highest BCUT2D eigenvalue weighted by atomic mass is 16.5. The number of benzene rings is 1. The first-order valence-corrected chi connectivity index (χ1v) is 10.9. The third kappa shape index (κ3) is 4.62. The molecule has 1 fully saturated rings. The van der Waals surface area contributed by atoms with Crippen molar-refractivity contribution in [2.24, 2.45) is 0 Å². The van der Waals surface area contributed by atoms with E-state index in [1.54, 1.807) is 31.6 Å². The van der Waals surface area contributed by atoms with E-state index in [-0.39, 0.29) is 18.4 Å². The first-order chi connectivity index (χ1) is 16.7. The number of nitrogens with zero attached hydrogens (tertiary/aromatic N) is 4. The van der Waals surface area contributed by atoms with E-state index in [9.17, 15) is 4.79 Å². The van der Waals surface area contributed by atoms with Gasteiger partial charge in [0.25, 0.3) is 11.8 Å². The van der Waals surface area contributed by atoms with Gasteiger partial charge in [-0.1, -0.05) is 0 Å². The van der Waals surface area contributed by atoms with E-state index < -0.39 is 0 Å². The van der Waals surface area contributed by atoms with E-state index >= 15 is 0 Å². The Morgan fingerprint density at radius 1 is 1.12 bits per heavy atom. The molecule has 4 heterocycles. The minimum Gasteiger partial charge on any atom is -0.469 e. The molecule has 0 aliphatic carbocycles. The van der Waals surface area contributed by atoms with Gasteiger partial charge in [-0.15, -0.1) is 10.2 Å². The Morgan fingerprint density at radius 3 is 2.74 bits per heavy atom. The highest BCUT2D eigenvalue weighted by Gasteiger charge is 2.15. The summed E-state index contributed by atoms with van der Waals surface area (Å²) in [5, 5.41) is 15.1. The van der Waals surface area contributed by atoms with Gasteiger partial charge in [-0.2, -0.15) is 0 Å². The number of carbonyl (C=O) groups excluding carboxylic acids is 1. The second kappa shape index (κ2) is 9.75. The van der Waals surface area contributed by atoms with Crippen LogP contribution in [0.3, 0.4) is 0 Å². The van der Waals surface area contributed by atoms with Gasteiger partial charge in [0.05, 0.1) is 24.9 Å². The van der Waals surface area contributed by atoms with Crippen LogP contribution in [0.5, 0.6) is 5.88 Å². The van der Waals surface area contributed by atoms with Crippen LogP contribution in [0.15, 0.2) is 59.3 Å². The molecule has 3 aromatic heterocycles. The van der Waals surface area contributed by atoms with Gasteiger partial charge in [0.1, 0.15) is 12.3 Å². The lowest BCUT2D eigenvalue weighted by Gasteiger charge is -2.28. The fourth-order valence-corrected chi connectivity index (χ4v) is 3.72. The highest BCUT2D eigenvalue weighted by Crippen LogP contribution is 2.31. The largest absolute Gasteiger partial charge is 0.469 e. The van der Waals surface area contributed by atoms with Crippen molar-refractivity contribution in [2.45, 2.75) is 6.61 Å². The Bertz CT molecular complexity index is 1280. The standard InChI is InChI=1S/C24H24N6O4/c1-25-23(31)20-14-16(6-8-26-20)15-34-24-21-19(7-11-33-21)22(28-29-24)27-17-2-4-18(5-3-17)30-9-12-32-13-10-30/h2-8,11,14H,9-10,12-13,15H2,1H3,(H,25,31)(H,27,28). The number of hydrogen-bond acceptors (Lipinski definition) is 9. The van der Waals surface area contributed by atoms with Gasteiger partial charge < -0.3 is 29.4 Å². The number of anilines is 3. The van der Waals surface area contributed by atoms with Gasteiger partial charge in [0.15, 0.2) is 5.82 Å². The van der Waals surface area contributed by atoms with Crippen molar-refractivity contribution in [1.82, 2.24) is 20.5 Å². The molecule has 1 saturated heterocycles. The van der Waals surface area contributed by atoms with E-state index in [1.165, 1.54) is 0 Å². The topological polar surface area (TPSA) is 115 Å². The first-order valence-electron chi connectivity index (χ1n) is 10.9. The zero-order chi connectivity index (χ0) is 23.3. The summed E-state index contributed by atoms with van der Waals surface area (Å²) in [5.74, 6) is 0.580. The van der Waals surface area contributed by atoms with Gasteiger partial charge in [0, 0.05) is 37.7 Å². The molecule has 34 heavy (non-hydrogen) atoms. The van der Waals surface area contributed by atoms with E-state index in [4.69, 9.17) is 13.9 Å². The van der Waals surface area contributed by atoms with E-state index in [0.717, 1.165) is 48.6 Å². The Hall–Kier alpha value is -4.18. The first kappa shape index (κ1) is 21.7. The number of furan rings is 1. The molecule has 1 amide bonds. The van der Waals surface area contributed by atoms with Gasteiger partial charge in [-0.05, 0) is 48.0 Å². The number of amides is 1. The van der Waals surface area contributed by atoms with E-state index in [0.29, 0.717) is 17.1 Å². The summed E-state index contributed by atoms with van der Waals surface area (Å²) in [6, 6.07) is 13.4. The molecule has 1 aliphatic heterocycles. The third-order valence-electron chi connectivity index (χ3n) is 5.52. The summed E-state index contributed by atoms with van der Waals surface area (Å²) < 4.78 is 16.9. The lowest BCUT2D eigenvalue weighted by Crippen LogP contribution is -2.36. The van der Waals surface area contributed by atoms with Crippen molar-refractivity contribution in [1.29, 1.82) is 0 Å². The molecule has 1 aromatic carbocycles. The lowest BCUT2D eigenvalue weighted by molar-refractivity contribution is 0.0958. The molecule has 5 rings (SSSR count). The third-order valence-corrected chi connectivity index (χ3v) is 5.52. The van der Waals surface area contributed by atoms with Crippen LogP contribution in [0, 0.1) is 0 Å². The number of fused-ring (bicyclic) bond motifs is 1. The molecule has 10 heteroatoms. The SMILES string of the molecule is CNC(=O)c1cc(COc2nnc(Nc3ccc(N4CCOCC4)cc3)c3ccoc23)ccn1. The molecule has 10 nitrogen and oxygen atoms in total. The van der Waals surface area contributed by atoms with Crippen LogP contribution in [0.4, 0.5) is 17.2 Å². The number of aromatic nitrogens is 3. The van der Waals surface area contributed by atoms with Crippen molar-refractivity contribution in [2.75, 3.05) is 43.6 Å². The smallest absolute Gasteiger partial charge is 0.278 e. The van der Waals surface area contributed by atoms with Gasteiger partial charge >= 0.3 is 0 Å². The average Bonchev–Trinajstić information content (AvgIpc) is 3.40. The maximum absolute atomic E-state index is 11.8. The molecular formula is C24H24N6O4. The van der Waals surface area contributed by atoms with Crippen molar-refractivity contribution in [3.8, 4) is 5.88 Å². The zero-order valence-electron chi connectivity index (χ0n) is 18.7. The summed E-state index contributed by atoms with van der Waals surface area (Å²) >= 11 is 0. The highest BCUT2D eigenvalue weighted by molar-refractivity contribution is 5.93. The summed E-state index contributed by atoms with van der Waals surface area (Å²) in [5.41, 5.74) is 3.63. The van der Waals surface area contributed by atoms with Crippen LogP contribution in [0.25, 0.3) is 11.0 Å². The van der Waals surface area contributed by atoms with Crippen molar-refractivity contribution < 1.29 is 18.7 Å². The van der Waals surface area contributed by atoms with Crippen LogP contribution < -0.4 is 20.3 Å². The Kier molecular flexibility index (Phi) is 6.21. The fraction of sp³-hybridized carbons (Fsp3) is 0.250. The monoisotopic (exact) mass is 460 g/mol. The van der Waals surface area contributed by atoms with Crippen LogP contribution in [-0.4, -0.2) is 54.4 Å². The number of carbonyl (C=O) groups is 1. The van der Waals surface area contributed by atoms with Crippen LogP contribution in [0.2, 0.25) is 0 Å². The minimum absolute atomic E-state index is 0.187. The zero-order valence-corrected chi connectivity index (χ0v) is 18.7. The molecule has 0 bridgehead atoms. The minimum atomic E-state index is -0.261. The Balaban J connectivity index is 1.30. The molecule has 0 radical (unpaired) electrons.